The summed E-state index contributed by atoms with van der Waals surface area (Å²) in [4.78, 5) is 14.9. The van der Waals surface area contributed by atoms with Crippen LogP contribution in [-0.2, 0) is 4.79 Å². The van der Waals surface area contributed by atoms with E-state index < -0.39 is 0 Å². The van der Waals surface area contributed by atoms with Crippen LogP contribution in [0.5, 0.6) is 0 Å². The Hall–Kier alpha value is -1.64. The van der Waals surface area contributed by atoms with Crippen molar-refractivity contribution in [2.75, 3.05) is 0 Å². The van der Waals surface area contributed by atoms with Gasteiger partial charge in [-0.1, -0.05) is 37.3 Å². The highest BCUT2D eigenvalue weighted by Crippen LogP contribution is 2.53. The molecule has 0 aromatic heterocycles. The number of nitrogens with one attached hydrogen (secondary N) is 1. The molecule has 2 fully saturated rings. The van der Waals surface area contributed by atoms with Crippen LogP contribution in [0.3, 0.4) is 0 Å². The number of fused-ring (bicyclic) bond motifs is 1. The van der Waals surface area contributed by atoms with Gasteiger partial charge >= 0.3 is 0 Å². The van der Waals surface area contributed by atoms with E-state index in [2.05, 4.69) is 6.92 Å². The van der Waals surface area contributed by atoms with Gasteiger partial charge in [0, 0.05) is 11.8 Å². The van der Waals surface area contributed by atoms with Crippen molar-refractivity contribution in [1.82, 2.24) is 4.90 Å². The summed E-state index contributed by atoms with van der Waals surface area (Å²) in [5.41, 5.74) is 1.69. The molecule has 1 aliphatic heterocycles. The van der Waals surface area contributed by atoms with Gasteiger partial charge in [0.2, 0.25) is 5.91 Å². The summed E-state index contributed by atoms with van der Waals surface area (Å²) in [6, 6.07) is 10.4. The van der Waals surface area contributed by atoms with E-state index in [-0.39, 0.29) is 17.9 Å². The molecule has 106 valence electrons. The Morgan fingerprint density at radius 3 is 2.60 bits per heavy atom. The van der Waals surface area contributed by atoms with Crippen LogP contribution >= 0.6 is 0 Å². The molecule has 1 heterocycles. The van der Waals surface area contributed by atoms with E-state index in [4.69, 9.17) is 5.41 Å². The van der Waals surface area contributed by atoms with Crippen molar-refractivity contribution in [3.8, 4) is 0 Å². The number of amides is 1. The Labute approximate surface area is 120 Å². The maximum absolute atomic E-state index is 12.9. The molecular formula is C17H22N2O. The smallest absolute Gasteiger partial charge is 0.230 e. The van der Waals surface area contributed by atoms with Crippen molar-refractivity contribution in [1.29, 1.82) is 5.41 Å². The molecule has 5 atom stereocenters. The van der Waals surface area contributed by atoms with Gasteiger partial charge in [-0.15, -0.1) is 0 Å². The summed E-state index contributed by atoms with van der Waals surface area (Å²) in [5, 5.41) is 7.94. The fourth-order valence-electron chi connectivity index (χ4n) is 3.71. The van der Waals surface area contributed by atoms with E-state index in [0.29, 0.717) is 23.6 Å². The quantitative estimate of drug-likeness (QED) is 0.843. The van der Waals surface area contributed by atoms with Crippen molar-refractivity contribution >= 4 is 11.6 Å². The van der Waals surface area contributed by atoms with Crippen LogP contribution in [0.1, 0.15) is 38.7 Å². The molecule has 3 rings (SSSR count). The van der Waals surface area contributed by atoms with Gasteiger partial charge in [-0.3, -0.25) is 4.79 Å². The zero-order chi connectivity index (χ0) is 14.4. The van der Waals surface area contributed by atoms with Crippen LogP contribution in [-0.4, -0.2) is 28.6 Å². The second-order valence-corrected chi connectivity index (χ2v) is 6.33. The number of benzene rings is 1. The average Bonchev–Trinajstić information content (AvgIpc) is 2.90. The van der Waals surface area contributed by atoms with Crippen molar-refractivity contribution < 1.29 is 4.79 Å². The van der Waals surface area contributed by atoms with Crippen LogP contribution in [0, 0.1) is 17.2 Å². The van der Waals surface area contributed by atoms with Gasteiger partial charge in [0.25, 0.3) is 0 Å². The lowest BCUT2D eigenvalue weighted by Crippen LogP contribution is -2.44. The Bertz CT molecular complexity index is 539. The molecule has 1 aromatic rings. The van der Waals surface area contributed by atoms with E-state index >= 15 is 0 Å². The molecule has 0 radical (unpaired) electrons. The third-order valence-corrected chi connectivity index (χ3v) is 5.09. The van der Waals surface area contributed by atoms with Crippen molar-refractivity contribution in [2.24, 2.45) is 11.8 Å². The Morgan fingerprint density at radius 1 is 1.35 bits per heavy atom. The van der Waals surface area contributed by atoms with E-state index in [0.717, 1.165) is 12.0 Å². The highest BCUT2D eigenvalue weighted by atomic mass is 16.2. The number of nitrogens with zero attached hydrogens (tertiary/aromatic N) is 1. The lowest BCUT2D eigenvalue weighted by atomic mass is 9.98. The number of likely N-dealkylation sites (tertiary alicyclic amines) is 1. The predicted octanol–water partition coefficient (Wildman–Crippen LogP) is 3.07. The second kappa shape index (κ2) is 4.72. The maximum Gasteiger partial charge on any atom is 0.230 e. The highest BCUT2D eigenvalue weighted by molar-refractivity contribution is 5.93. The van der Waals surface area contributed by atoms with Gasteiger partial charge in [-0.25, -0.2) is 0 Å². The Morgan fingerprint density at radius 2 is 2.00 bits per heavy atom. The Balaban J connectivity index is 1.83. The fraction of sp³-hybridized carbons (Fsp3) is 0.529. The first-order valence-electron chi connectivity index (χ1n) is 7.44. The molecule has 3 nitrogen and oxygen atoms in total. The van der Waals surface area contributed by atoms with Crippen LogP contribution < -0.4 is 0 Å². The molecule has 0 unspecified atom stereocenters. The largest absolute Gasteiger partial charge is 0.330 e. The minimum Gasteiger partial charge on any atom is -0.330 e. The van der Waals surface area contributed by atoms with Gasteiger partial charge in [-0.2, -0.15) is 0 Å². The van der Waals surface area contributed by atoms with Crippen LogP contribution in [0.4, 0.5) is 0 Å². The highest BCUT2D eigenvalue weighted by Gasteiger charge is 2.60. The molecule has 1 aromatic carbocycles. The number of piperidine rings is 1. The molecule has 1 aliphatic carbocycles. The van der Waals surface area contributed by atoms with E-state index in [1.807, 2.05) is 49.1 Å². The number of carbonyl (C=O) groups excluding carboxylic acids is 1. The zero-order valence-electron chi connectivity index (χ0n) is 12.3. The van der Waals surface area contributed by atoms with Crippen molar-refractivity contribution in [3.63, 3.8) is 0 Å². The summed E-state index contributed by atoms with van der Waals surface area (Å²) in [6.07, 6.45) is 0.981. The van der Waals surface area contributed by atoms with E-state index in [1.54, 1.807) is 0 Å². The summed E-state index contributed by atoms with van der Waals surface area (Å²) in [5.74, 6) is 1.29. The summed E-state index contributed by atoms with van der Waals surface area (Å²) < 4.78 is 0. The minimum atomic E-state index is -0.121. The minimum absolute atomic E-state index is 0.0277. The van der Waals surface area contributed by atoms with Gasteiger partial charge < -0.3 is 10.3 Å². The first-order chi connectivity index (χ1) is 9.52. The normalized spacial score (nSPS) is 32.6. The van der Waals surface area contributed by atoms with E-state index in [1.165, 1.54) is 0 Å². The molecule has 20 heavy (non-hydrogen) atoms. The maximum atomic E-state index is 12.9. The molecular weight excluding hydrogens is 248 g/mol. The Kier molecular flexibility index (Phi) is 3.15. The third kappa shape index (κ3) is 1.96. The van der Waals surface area contributed by atoms with Gasteiger partial charge in [-0.05, 0) is 37.7 Å². The molecule has 1 amide bonds. The fourth-order valence-corrected chi connectivity index (χ4v) is 3.71. The summed E-state index contributed by atoms with van der Waals surface area (Å²) in [7, 11) is 0. The lowest BCUT2D eigenvalue weighted by Gasteiger charge is -2.30. The molecule has 0 spiro atoms. The van der Waals surface area contributed by atoms with Crippen LogP contribution in [0.15, 0.2) is 30.3 Å². The standard InChI is InChI=1S/C17H22N2O/c1-10(13-7-5-4-6-8-13)17(20)19-15(12(3)18)9-14-11(2)16(14)19/h4-8,10-11,14-16,18H,9H2,1-3H3/t10-,11+,14-,15+,16+/m1/s1. The zero-order valence-corrected chi connectivity index (χ0v) is 12.3. The lowest BCUT2D eigenvalue weighted by molar-refractivity contribution is -0.133. The van der Waals surface area contributed by atoms with Gasteiger partial charge in [0.1, 0.15) is 0 Å². The topological polar surface area (TPSA) is 44.2 Å². The SMILES string of the molecule is CC(=N)[C@@H]1C[C@@H]2[C@H](C)[C@@H]2N1C(=O)[C@H](C)c1ccccc1. The summed E-state index contributed by atoms with van der Waals surface area (Å²) >= 11 is 0. The number of hydrogen-bond acceptors (Lipinski definition) is 2. The third-order valence-electron chi connectivity index (χ3n) is 5.09. The van der Waals surface area contributed by atoms with Crippen molar-refractivity contribution in [2.45, 2.75) is 45.2 Å². The first kappa shape index (κ1) is 13.3. The number of hydrogen-bond donors (Lipinski definition) is 1. The number of rotatable bonds is 3. The van der Waals surface area contributed by atoms with Crippen molar-refractivity contribution in [3.05, 3.63) is 35.9 Å². The molecule has 0 bridgehead atoms. The molecule has 3 heteroatoms. The van der Waals surface area contributed by atoms with Gasteiger partial charge in [0.15, 0.2) is 0 Å². The molecule has 1 N–H and O–H groups in total. The molecule has 1 saturated carbocycles. The van der Waals surface area contributed by atoms with Gasteiger partial charge in [0.05, 0.1) is 12.0 Å². The first-order valence-corrected chi connectivity index (χ1v) is 7.44. The molecule has 2 aliphatic rings. The van der Waals surface area contributed by atoms with E-state index in [9.17, 15) is 4.79 Å². The second-order valence-electron chi connectivity index (χ2n) is 6.33. The molecule has 1 saturated heterocycles. The van der Waals surface area contributed by atoms with Crippen LogP contribution in [0.25, 0.3) is 0 Å². The monoisotopic (exact) mass is 270 g/mol. The van der Waals surface area contributed by atoms with Crippen LogP contribution in [0.2, 0.25) is 0 Å². The summed E-state index contributed by atoms with van der Waals surface area (Å²) in [6.45, 7) is 6.03. The average molecular weight is 270 g/mol. The number of carbonyl (C=O) groups is 1. The predicted molar refractivity (Wildman–Crippen MR) is 80.0 cm³/mol.